The van der Waals surface area contributed by atoms with Crippen molar-refractivity contribution in [2.75, 3.05) is 12.3 Å². The number of rotatable bonds is 4. The second kappa shape index (κ2) is 6.63. The lowest BCUT2D eigenvalue weighted by molar-refractivity contribution is 0.0523. The molecule has 0 spiro atoms. The van der Waals surface area contributed by atoms with Crippen LogP contribution < -0.4 is 10.5 Å². The van der Waals surface area contributed by atoms with Gasteiger partial charge in [0.25, 0.3) is 0 Å². The Balaban J connectivity index is 2.39. The number of anilines is 1. The molecule has 110 valence electrons. The van der Waals surface area contributed by atoms with Crippen LogP contribution in [0, 0.1) is 6.92 Å². The van der Waals surface area contributed by atoms with Gasteiger partial charge in [0.1, 0.15) is 17.1 Å². The van der Waals surface area contributed by atoms with Crippen LogP contribution in [0.25, 0.3) is 0 Å². The number of hydrogen-bond acceptors (Lipinski definition) is 4. The molecule has 0 fully saturated rings. The van der Waals surface area contributed by atoms with Crippen molar-refractivity contribution in [2.45, 2.75) is 13.8 Å². The van der Waals surface area contributed by atoms with E-state index in [1.165, 1.54) is 0 Å². The number of ether oxygens (including phenoxy) is 2. The summed E-state index contributed by atoms with van der Waals surface area (Å²) in [5, 5.41) is 0. The highest BCUT2D eigenvalue weighted by Crippen LogP contribution is 2.31. The third kappa shape index (κ3) is 3.76. The van der Waals surface area contributed by atoms with Crippen molar-refractivity contribution in [1.29, 1.82) is 0 Å². The summed E-state index contributed by atoms with van der Waals surface area (Å²) in [5.41, 5.74) is 7.50. The van der Waals surface area contributed by atoms with Gasteiger partial charge in [0, 0.05) is 10.2 Å². The lowest BCUT2D eigenvalue weighted by Crippen LogP contribution is -2.07. The van der Waals surface area contributed by atoms with Gasteiger partial charge in [-0.15, -0.1) is 0 Å². The third-order valence-electron chi connectivity index (χ3n) is 2.87. The van der Waals surface area contributed by atoms with Gasteiger partial charge in [-0.2, -0.15) is 0 Å². The predicted molar refractivity (Wildman–Crippen MR) is 85.8 cm³/mol. The zero-order valence-corrected chi connectivity index (χ0v) is 13.4. The van der Waals surface area contributed by atoms with Gasteiger partial charge in [-0.3, -0.25) is 0 Å². The zero-order chi connectivity index (χ0) is 15.4. The van der Waals surface area contributed by atoms with Gasteiger partial charge >= 0.3 is 5.97 Å². The Labute approximate surface area is 132 Å². The van der Waals surface area contributed by atoms with E-state index in [4.69, 9.17) is 15.2 Å². The molecule has 21 heavy (non-hydrogen) atoms. The van der Waals surface area contributed by atoms with Gasteiger partial charge in [0.15, 0.2) is 0 Å². The zero-order valence-electron chi connectivity index (χ0n) is 11.9. The summed E-state index contributed by atoms with van der Waals surface area (Å²) >= 11 is 3.40. The third-order valence-corrected chi connectivity index (χ3v) is 3.36. The molecule has 0 heterocycles. The molecule has 0 radical (unpaired) electrons. The van der Waals surface area contributed by atoms with Crippen molar-refractivity contribution in [3.8, 4) is 11.5 Å². The number of nitrogen functional groups attached to an aromatic ring is 1. The number of halogens is 1. The Hall–Kier alpha value is -2.01. The molecule has 4 nitrogen and oxygen atoms in total. The summed E-state index contributed by atoms with van der Waals surface area (Å²) in [4.78, 5) is 12.0. The Morgan fingerprint density at radius 1 is 1.19 bits per heavy atom. The number of hydrogen-bond donors (Lipinski definition) is 1. The molecule has 0 aliphatic carbocycles. The first-order valence-corrected chi connectivity index (χ1v) is 7.31. The first-order chi connectivity index (χ1) is 10.0. The summed E-state index contributed by atoms with van der Waals surface area (Å²) < 4.78 is 11.8. The van der Waals surface area contributed by atoms with E-state index >= 15 is 0 Å². The number of aryl methyl sites for hydroxylation is 1. The van der Waals surface area contributed by atoms with Crippen LogP contribution in [0.15, 0.2) is 40.9 Å². The van der Waals surface area contributed by atoms with Crippen LogP contribution in [0.1, 0.15) is 22.8 Å². The normalized spacial score (nSPS) is 10.2. The van der Waals surface area contributed by atoms with E-state index in [-0.39, 0.29) is 0 Å². The molecule has 2 N–H and O–H groups in total. The van der Waals surface area contributed by atoms with E-state index in [1.54, 1.807) is 25.1 Å². The highest BCUT2D eigenvalue weighted by atomic mass is 79.9. The largest absolute Gasteiger partial charge is 0.462 e. The van der Waals surface area contributed by atoms with Crippen molar-refractivity contribution in [3.63, 3.8) is 0 Å². The van der Waals surface area contributed by atoms with Crippen LogP contribution in [-0.2, 0) is 4.74 Å². The number of nitrogens with two attached hydrogens (primary N) is 1. The Morgan fingerprint density at radius 3 is 2.67 bits per heavy atom. The topological polar surface area (TPSA) is 61.5 Å². The second-order valence-corrected chi connectivity index (χ2v) is 5.40. The molecule has 0 aliphatic heterocycles. The van der Waals surface area contributed by atoms with E-state index in [2.05, 4.69) is 15.9 Å². The van der Waals surface area contributed by atoms with Crippen molar-refractivity contribution in [2.24, 2.45) is 0 Å². The maximum Gasteiger partial charge on any atom is 0.342 e. The van der Waals surface area contributed by atoms with Gasteiger partial charge < -0.3 is 15.2 Å². The van der Waals surface area contributed by atoms with E-state index in [1.807, 2.05) is 25.1 Å². The van der Waals surface area contributed by atoms with E-state index in [0.29, 0.717) is 29.4 Å². The molecule has 2 rings (SSSR count). The molecule has 0 amide bonds. The minimum absolute atomic E-state index is 0.295. The molecular weight excluding hydrogens is 334 g/mol. The smallest absolute Gasteiger partial charge is 0.342 e. The average molecular weight is 350 g/mol. The van der Waals surface area contributed by atoms with Gasteiger partial charge in [0.05, 0.1) is 6.61 Å². The van der Waals surface area contributed by atoms with Crippen molar-refractivity contribution in [1.82, 2.24) is 0 Å². The number of carbonyl (C=O) groups is 1. The van der Waals surface area contributed by atoms with Gasteiger partial charge in [-0.05, 0) is 49.7 Å². The summed E-state index contributed by atoms with van der Waals surface area (Å²) in [6, 6.07) is 10.6. The second-order valence-electron chi connectivity index (χ2n) is 4.49. The Morgan fingerprint density at radius 2 is 1.95 bits per heavy atom. The molecular formula is C16H16BrNO3. The van der Waals surface area contributed by atoms with Crippen LogP contribution in [0.3, 0.4) is 0 Å². The molecule has 0 aromatic heterocycles. The Kier molecular flexibility index (Phi) is 4.85. The van der Waals surface area contributed by atoms with Crippen molar-refractivity contribution in [3.05, 3.63) is 52.0 Å². The highest BCUT2D eigenvalue weighted by Gasteiger charge is 2.15. The summed E-state index contributed by atoms with van der Waals surface area (Å²) in [6.45, 7) is 3.98. The van der Waals surface area contributed by atoms with Gasteiger partial charge in [0.2, 0.25) is 0 Å². The first-order valence-electron chi connectivity index (χ1n) is 6.52. The molecule has 0 saturated carbocycles. The fraction of sp³-hybridized carbons (Fsp3) is 0.188. The van der Waals surface area contributed by atoms with Crippen molar-refractivity contribution < 1.29 is 14.3 Å². The summed E-state index contributed by atoms with van der Waals surface area (Å²) in [5.74, 6) is 0.635. The summed E-state index contributed by atoms with van der Waals surface area (Å²) in [7, 11) is 0. The summed E-state index contributed by atoms with van der Waals surface area (Å²) in [6.07, 6.45) is 0. The fourth-order valence-electron chi connectivity index (χ4n) is 1.81. The molecule has 0 unspecified atom stereocenters. The number of carbonyl (C=O) groups excluding carboxylic acids is 1. The molecule has 2 aromatic rings. The monoisotopic (exact) mass is 349 g/mol. The number of benzene rings is 2. The predicted octanol–water partition coefficient (Wildman–Crippen LogP) is 4.31. The molecule has 0 atom stereocenters. The molecule has 0 saturated heterocycles. The maximum atomic E-state index is 12.0. The van der Waals surface area contributed by atoms with Gasteiger partial charge in [-0.1, -0.05) is 22.0 Å². The lowest BCUT2D eigenvalue weighted by atomic mass is 10.1. The minimum Gasteiger partial charge on any atom is -0.462 e. The quantitative estimate of drug-likeness (QED) is 0.659. The highest BCUT2D eigenvalue weighted by molar-refractivity contribution is 9.10. The Bertz CT molecular complexity index is 671. The fourth-order valence-corrected chi connectivity index (χ4v) is 2.15. The molecule has 0 bridgehead atoms. The van der Waals surface area contributed by atoms with Crippen LogP contribution in [0.5, 0.6) is 11.5 Å². The van der Waals surface area contributed by atoms with E-state index < -0.39 is 5.97 Å². The van der Waals surface area contributed by atoms with Crippen LogP contribution in [-0.4, -0.2) is 12.6 Å². The van der Waals surface area contributed by atoms with Gasteiger partial charge in [-0.25, -0.2) is 4.79 Å². The number of esters is 1. The molecule has 0 aliphatic rings. The van der Waals surface area contributed by atoms with Crippen molar-refractivity contribution >= 4 is 27.6 Å². The maximum absolute atomic E-state index is 12.0. The molecule has 5 heteroatoms. The van der Waals surface area contributed by atoms with Crippen LogP contribution >= 0.6 is 15.9 Å². The van der Waals surface area contributed by atoms with E-state index in [0.717, 1.165) is 10.0 Å². The van der Waals surface area contributed by atoms with Crippen LogP contribution in [0.2, 0.25) is 0 Å². The molecule has 2 aromatic carbocycles. The van der Waals surface area contributed by atoms with E-state index in [9.17, 15) is 4.79 Å². The van der Waals surface area contributed by atoms with Crippen LogP contribution in [0.4, 0.5) is 5.69 Å². The minimum atomic E-state index is -0.451. The standard InChI is InChI=1S/C16H16BrNO3/c1-3-20-16(19)13-9-12(18)6-7-14(13)21-15-8-11(17)5-4-10(15)2/h4-9H,3,18H2,1-2H3. The lowest BCUT2D eigenvalue weighted by Gasteiger charge is -2.13. The average Bonchev–Trinajstić information content (AvgIpc) is 2.45. The SMILES string of the molecule is CCOC(=O)c1cc(N)ccc1Oc1cc(Br)ccc1C. The first kappa shape index (κ1) is 15.4.